The van der Waals surface area contributed by atoms with Gasteiger partial charge in [0.15, 0.2) is 0 Å². The highest BCUT2D eigenvalue weighted by atomic mass is 32.1. The number of nitrogen functional groups attached to an aromatic ring is 1. The molecular weight excluding hydrogens is 324 g/mol. The summed E-state index contributed by atoms with van der Waals surface area (Å²) in [6.07, 6.45) is 0. The first kappa shape index (κ1) is 16.9. The van der Waals surface area contributed by atoms with Crippen LogP contribution in [-0.2, 0) is 4.74 Å². The first-order valence-electron chi connectivity index (χ1n) is 8.05. The van der Waals surface area contributed by atoms with Crippen LogP contribution in [0.1, 0.15) is 15.2 Å². The highest BCUT2D eigenvalue weighted by Crippen LogP contribution is 2.30. The standard InChI is InChI=1S/C17H22N4O2S/c1-12-2-4-13(5-3-12)15-14(18)16(24-20-15)17(22)19-6-7-21-8-10-23-11-9-21/h2-5H,6-11,18H2,1H3,(H,19,22). The van der Waals surface area contributed by atoms with Gasteiger partial charge in [0.25, 0.3) is 5.91 Å². The van der Waals surface area contributed by atoms with Crippen LogP contribution < -0.4 is 11.1 Å². The van der Waals surface area contributed by atoms with Gasteiger partial charge in [-0.05, 0) is 18.5 Å². The van der Waals surface area contributed by atoms with Crippen molar-refractivity contribution >= 4 is 23.1 Å². The van der Waals surface area contributed by atoms with Gasteiger partial charge in [-0.3, -0.25) is 9.69 Å². The predicted octanol–water partition coefficient (Wildman–Crippen LogP) is 1.76. The molecule has 1 saturated heterocycles. The van der Waals surface area contributed by atoms with Crippen LogP contribution in [0.4, 0.5) is 5.69 Å². The second kappa shape index (κ2) is 7.74. The quantitative estimate of drug-likeness (QED) is 0.862. The van der Waals surface area contributed by atoms with Crippen molar-refractivity contribution in [3.63, 3.8) is 0 Å². The molecule has 6 nitrogen and oxygen atoms in total. The van der Waals surface area contributed by atoms with Gasteiger partial charge < -0.3 is 15.8 Å². The van der Waals surface area contributed by atoms with Crippen LogP contribution in [0, 0.1) is 6.92 Å². The molecule has 0 radical (unpaired) electrons. The van der Waals surface area contributed by atoms with Gasteiger partial charge in [-0.2, -0.15) is 4.37 Å². The van der Waals surface area contributed by atoms with Crippen LogP contribution in [0.5, 0.6) is 0 Å². The number of morpholine rings is 1. The van der Waals surface area contributed by atoms with Gasteiger partial charge in [0, 0.05) is 31.7 Å². The monoisotopic (exact) mass is 346 g/mol. The van der Waals surface area contributed by atoms with Crippen LogP contribution in [0.3, 0.4) is 0 Å². The van der Waals surface area contributed by atoms with Crippen LogP contribution in [0.25, 0.3) is 11.3 Å². The van der Waals surface area contributed by atoms with Crippen molar-refractivity contribution in [3.05, 3.63) is 34.7 Å². The molecule has 0 aliphatic carbocycles. The number of nitrogens with two attached hydrogens (primary N) is 1. The lowest BCUT2D eigenvalue weighted by Gasteiger charge is -2.26. The molecule has 0 bridgehead atoms. The second-order valence-corrected chi connectivity index (χ2v) is 6.62. The number of ether oxygens (including phenoxy) is 1. The SMILES string of the molecule is Cc1ccc(-c2nsc(C(=O)NCCN3CCOCC3)c2N)cc1. The van der Waals surface area contributed by atoms with E-state index in [1.165, 1.54) is 5.56 Å². The maximum absolute atomic E-state index is 12.3. The average molecular weight is 346 g/mol. The number of carbonyl (C=O) groups is 1. The van der Waals surface area contributed by atoms with Crippen molar-refractivity contribution in [2.75, 3.05) is 45.1 Å². The Labute approximate surface area is 145 Å². The largest absolute Gasteiger partial charge is 0.396 e. The predicted molar refractivity (Wildman–Crippen MR) is 96.3 cm³/mol. The maximum Gasteiger partial charge on any atom is 0.265 e. The lowest BCUT2D eigenvalue weighted by atomic mass is 10.1. The fraction of sp³-hybridized carbons (Fsp3) is 0.412. The van der Waals surface area contributed by atoms with Gasteiger partial charge in [0.05, 0.1) is 18.9 Å². The molecule has 1 fully saturated rings. The zero-order valence-corrected chi connectivity index (χ0v) is 14.6. The van der Waals surface area contributed by atoms with Crippen molar-refractivity contribution in [1.82, 2.24) is 14.6 Å². The van der Waals surface area contributed by atoms with Gasteiger partial charge >= 0.3 is 0 Å². The van der Waals surface area contributed by atoms with Crippen LogP contribution in [0.15, 0.2) is 24.3 Å². The lowest BCUT2D eigenvalue weighted by Crippen LogP contribution is -2.41. The number of amides is 1. The Morgan fingerprint density at radius 3 is 2.75 bits per heavy atom. The molecule has 0 unspecified atom stereocenters. The molecule has 1 aliphatic heterocycles. The minimum atomic E-state index is -0.156. The number of nitrogens with one attached hydrogen (secondary N) is 1. The third-order valence-corrected chi connectivity index (χ3v) is 4.94. The second-order valence-electron chi connectivity index (χ2n) is 5.85. The summed E-state index contributed by atoms with van der Waals surface area (Å²) in [5, 5.41) is 2.93. The Morgan fingerprint density at radius 2 is 2.04 bits per heavy atom. The van der Waals surface area contributed by atoms with E-state index in [2.05, 4.69) is 14.6 Å². The number of aryl methyl sites for hydroxylation is 1. The minimum absolute atomic E-state index is 0.156. The van der Waals surface area contributed by atoms with E-state index in [0.717, 1.165) is 49.9 Å². The van der Waals surface area contributed by atoms with E-state index >= 15 is 0 Å². The molecule has 128 valence electrons. The first-order valence-corrected chi connectivity index (χ1v) is 8.83. The molecule has 1 aliphatic rings. The fourth-order valence-electron chi connectivity index (χ4n) is 2.61. The Balaban J connectivity index is 1.60. The Kier molecular flexibility index (Phi) is 5.44. The summed E-state index contributed by atoms with van der Waals surface area (Å²) in [4.78, 5) is 15.1. The number of nitrogens with zero attached hydrogens (tertiary/aromatic N) is 2. The minimum Gasteiger partial charge on any atom is -0.396 e. The number of anilines is 1. The number of aromatic nitrogens is 1. The number of carbonyl (C=O) groups excluding carboxylic acids is 1. The lowest BCUT2D eigenvalue weighted by molar-refractivity contribution is 0.0383. The van der Waals surface area contributed by atoms with E-state index in [0.29, 0.717) is 22.8 Å². The van der Waals surface area contributed by atoms with Gasteiger partial charge in [-0.25, -0.2) is 0 Å². The van der Waals surface area contributed by atoms with Gasteiger partial charge in [-0.15, -0.1) is 0 Å². The number of benzene rings is 1. The molecule has 0 saturated carbocycles. The summed E-state index contributed by atoms with van der Waals surface area (Å²) >= 11 is 1.15. The highest BCUT2D eigenvalue weighted by molar-refractivity contribution is 7.09. The number of hydrogen-bond donors (Lipinski definition) is 2. The van der Waals surface area contributed by atoms with E-state index in [9.17, 15) is 4.79 Å². The maximum atomic E-state index is 12.3. The topological polar surface area (TPSA) is 80.5 Å². The zero-order chi connectivity index (χ0) is 16.9. The number of hydrogen-bond acceptors (Lipinski definition) is 6. The molecule has 3 rings (SSSR count). The summed E-state index contributed by atoms with van der Waals surface area (Å²) in [7, 11) is 0. The molecule has 2 aromatic rings. The summed E-state index contributed by atoms with van der Waals surface area (Å²) in [6.45, 7) is 6.79. The van der Waals surface area contributed by atoms with Gasteiger partial charge in [0.2, 0.25) is 0 Å². The van der Waals surface area contributed by atoms with Gasteiger partial charge in [-0.1, -0.05) is 29.8 Å². The van der Waals surface area contributed by atoms with E-state index in [-0.39, 0.29) is 5.91 Å². The van der Waals surface area contributed by atoms with Crippen LogP contribution in [0.2, 0.25) is 0 Å². The van der Waals surface area contributed by atoms with Crippen LogP contribution in [-0.4, -0.2) is 54.6 Å². The summed E-state index contributed by atoms with van der Waals surface area (Å²) < 4.78 is 9.68. The van der Waals surface area contributed by atoms with E-state index in [1.807, 2.05) is 31.2 Å². The van der Waals surface area contributed by atoms with Crippen LogP contribution >= 0.6 is 11.5 Å². The fourth-order valence-corrected chi connectivity index (χ4v) is 3.35. The Hall–Kier alpha value is -1.96. The molecule has 0 spiro atoms. The summed E-state index contributed by atoms with van der Waals surface area (Å²) in [5.74, 6) is -0.156. The van der Waals surface area contributed by atoms with Crippen molar-refractivity contribution in [2.24, 2.45) is 0 Å². The molecule has 2 heterocycles. The molecule has 1 amide bonds. The number of rotatable bonds is 5. The van der Waals surface area contributed by atoms with E-state index in [4.69, 9.17) is 10.5 Å². The van der Waals surface area contributed by atoms with Gasteiger partial charge in [0.1, 0.15) is 10.6 Å². The third-order valence-electron chi connectivity index (χ3n) is 4.08. The Morgan fingerprint density at radius 1 is 1.33 bits per heavy atom. The average Bonchev–Trinajstić information content (AvgIpc) is 2.98. The van der Waals surface area contributed by atoms with Crippen molar-refractivity contribution < 1.29 is 9.53 Å². The van der Waals surface area contributed by atoms with Crippen molar-refractivity contribution in [3.8, 4) is 11.3 Å². The third kappa shape index (κ3) is 3.92. The first-order chi connectivity index (χ1) is 11.6. The summed E-state index contributed by atoms with van der Waals surface area (Å²) in [5.41, 5.74) is 9.39. The van der Waals surface area contributed by atoms with Crippen molar-refractivity contribution in [1.29, 1.82) is 0 Å². The Bertz CT molecular complexity index is 693. The molecule has 1 aromatic heterocycles. The normalized spacial score (nSPS) is 15.4. The molecule has 3 N–H and O–H groups in total. The molecule has 1 aromatic carbocycles. The van der Waals surface area contributed by atoms with E-state index in [1.54, 1.807) is 0 Å². The molecule has 0 atom stereocenters. The smallest absolute Gasteiger partial charge is 0.265 e. The molecular formula is C17H22N4O2S. The van der Waals surface area contributed by atoms with E-state index < -0.39 is 0 Å². The summed E-state index contributed by atoms with van der Waals surface area (Å²) in [6, 6.07) is 7.97. The molecule has 7 heteroatoms. The van der Waals surface area contributed by atoms with Crippen molar-refractivity contribution in [2.45, 2.75) is 6.92 Å². The molecule has 24 heavy (non-hydrogen) atoms. The zero-order valence-electron chi connectivity index (χ0n) is 13.7. The highest BCUT2D eigenvalue weighted by Gasteiger charge is 2.18.